The van der Waals surface area contributed by atoms with Gasteiger partial charge in [0.25, 0.3) is 0 Å². The maximum absolute atomic E-state index is 10.4. The Morgan fingerprint density at radius 2 is 1.83 bits per heavy atom. The second-order valence-electron chi connectivity index (χ2n) is 2.13. The molecule has 0 saturated heterocycles. The fourth-order valence-electron chi connectivity index (χ4n) is 0.685. The second-order valence-corrected chi connectivity index (χ2v) is 3.65. The van der Waals surface area contributed by atoms with Crippen molar-refractivity contribution in [3.63, 3.8) is 0 Å². The van der Waals surface area contributed by atoms with Gasteiger partial charge in [-0.15, -0.1) is 12.4 Å². The fourth-order valence-corrected chi connectivity index (χ4v) is 1.24. The number of aryl methyl sites for hydroxylation is 1. The highest BCUT2D eigenvalue weighted by atomic mass is 35.5. The first-order valence-corrected chi connectivity index (χ1v) is 5.26. The lowest BCUT2D eigenvalue weighted by Crippen LogP contribution is -1.87. The van der Waals surface area contributed by atoms with Gasteiger partial charge in [-0.3, -0.25) is 0 Å². The average Bonchev–Trinajstić information content (AvgIpc) is 1.93. The molecule has 0 radical (unpaired) electrons. The lowest BCUT2D eigenvalue weighted by atomic mass is 10.2. The molecule has 2 nitrogen and oxygen atoms in total. The summed E-state index contributed by atoms with van der Waals surface area (Å²) in [6.07, 6.45) is 0. The molecule has 0 aliphatic rings. The van der Waals surface area contributed by atoms with Gasteiger partial charge < -0.3 is 4.18 Å². The van der Waals surface area contributed by atoms with Crippen molar-refractivity contribution in [1.29, 1.82) is 0 Å². The van der Waals surface area contributed by atoms with Crippen molar-refractivity contribution in [3.8, 4) is 5.75 Å². The number of hydrogen-bond acceptors (Lipinski definition) is 3. The van der Waals surface area contributed by atoms with Crippen LogP contribution in [0, 0.1) is 6.92 Å². The summed E-state index contributed by atoms with van der Waals surface area (Å²) < 4.78 is 15.2. The number of benzene rings is 1. The van der Waals surface area contributed by atoms with Gasteiger partial charge in [0.1, 0.15) is 5.75 Å². The van der Waals surface area contributed by atoms with Crippen LogP contribution >= 0.6 is 12.4 Å². The van der Waals surface area contributed by atoms with Crippen molar-refractivity contribution >= 4 is 33.2 Å². The van der Waals surface area contributed by atoms with E-state index in [0.29, 0.717) is 5.75 Å². The molecule has 12 heavy (non-hydrogen) atoms. The summed E-state index contributed by atoms with van der Waals surface area (Å²) >= 11 is 4.38. The van der Waals surface area contributed by atoms with Gasteiger partial charge in [0.15, 0.2) is 9.64 Å². The number of rotatable bonds is 2. The van der Waals surface area contributed by atoms with Crippen LogP contribution in [0.3, 0.4) is 0 Å². The van der Waals surface area contributed by atoms with Crippen molar-refractivity contribution in [2.75, 3.05) is 0 Å². The maximum Gasteiger partial charge on any atom is 0.174 e. The van der Waals surface area contributed by atoms with E-state index in [-0.39, 0.29) is 12.4 Å². The van der Waals surface area contributed by atoms with E-state index in [1.807, 2.05) is 19.1 Å². The summed E-state index contributed by atoms with van der Waals surface area (Å²) in [5.74, 6) is 0.562. The molecule has 0 amide bonds. The van der Waals surface area contributed by atoms with Crippen molar-refractivity contribution in [2.45, 2.75) is 6.92 Å². The van der Waals surface area contributed by atoms with Crippen molar-refractivity contribution in [2.24, 2.45) is 0 Å². The molecule has 0 aliphatic carbocycles. The first-order chi connectivity index (χ1) is 5.18. The van der Waals surface area contributed by atoms with E-state index in [1.165, 1.54) is 0 Å². The Hall–Kier alpha value is -0.320. The summed E-state index contributed by atoms with van der Waals surface area (Å²) in [5, 5.41) is 0. The summed E-state index contributed by atoms with van der Waals surface area (Å²) in [5.41, 5.74) is 1.14. The van der Waals surface area contributed by atoms with Crippen LogP contribution in [0.2, 0.25) is 0 Å². The smallest absolute Gasteiger partial charge is 0.174 e. The van der Waals surface area contributed by atoms with Crippen molar-refractivity contribution < 1.29 is 8.39 Å². The molecule has 1 atom stereocenters. The molecule has 0 heterocycles. The van der Waals surface area contributed by atoms with Crippen LogP contribution in [-0.4, -0.2) is 4.21 Å². The molecule has 1 unspecified atom stereocenters. The first kappa shape index (κ1) is 11.7. The molecule has 0 spiro atoms. The maximum atomic E-state index is 10.4. The third-order valence-electron chi connectivity index (χ3n) is 1.20. The summed E-state index contributed by atoms with van der Waals surface area (Å²) in [7, 11) is -1.95. The molecule has 0 aromatic heterocycles. The Balaban J connectivity index is 0.00000121. The van der Waals surface area contributed by atoms with E-state index in [0.717, 1.165) is 5.56 Å². The van der Waals surface area contributed by atoms with Crippen LogP contribution in [0.1, 0.15) is 5.56 Å². The Labute approximate surface area is 84.3 Å². The molecular weight excluding hydrogens is 216 g/mol. The van der Waals surface area contributed by atoms with Gasteiger partial charge in [0.2, 0.25) is 0 Å². The number of hydrogen-bond donors (Lipinski definition) is 1. The zero-order valence-electron chi connectivity index (χ0n) is 6.39. The van der Waals surface area contributed by atoms with E-state index in [4.69, 9.17) is 4.18 Å². The normalized spacial score (nSPS) is 11.4. The third-order valence-corrected chi connectivity index (χ3v) is 1.78. The first-order valence-electron chi connectivity index (χ1n) is 3.07. The van der Waals surface area contributed by atoms with Crippen LogP contribution in [0.5, 0.6) is 5.75 Å². The third kappa shape index (κ3) is 3.90. The van der Waals surface area contributed by atoms with E-state index in [2.05, 4.69) is 11.2 Å². The lowest BCUT2D eigenvalue weighted by molar-refractivity contribution is 0.579. The van der Waals surface area contributed by atoms with Gasteiger partial charge >= 0.3 is 0 Å². The molecule has 0 saturated carbocycles. The molecule has 0 aliphatic heterocycles. The van der Waals surface area contributed by atoms with Gasteiger partial charge in [-0.05, 0) is 19.1 Å². The largest absolute Gasteiger partial charge is 0.403 e. The molecule has 5 heteroatoms. The quantitative estimate of drug-likeness (QED) is 0.774. The van der Waals surface area contributed by atoms with E-state index >= 15 is 0 Å². The zero-order chi connectivity index (χ0) is 8.27. The van der Waals surface area contributed by atoms with Gasteiger partial charge in [-0.1, -0.05) is 17.7 Å². The Bertz CT molecular complexity index is 298. The molecule has 1 aromatic carbocycles. The zero-order valence-corrected chi connectivity index (χ0v) is 8.92. The van der Waals surface area contributed by atoms with Crippen LogP contribution in [-0.2, 0) is 20.8 Å². The lowest BCUT2D eigenvalue weighted by Gasteiger charge is -1.97. The summed E-state index contributed by atoms with van der Waals surface area (Å²) in [6, 6.07) is 7.25. The van der Waals surface area contributed by atoms with Gasteiger partial charge in [-0.2, -0.15) is 0 Å². The topological polar surface area (TPSA) is 26.3 Å². The highest BCUT2D eigenvalue weighted by Gasteiger charge is 1.90. The molecule has 68 valence electrons. The number of halogens is 1. The Kier molecular flexibility index (Phi) is 5.20. The standard InChI is InChI=1S/C7H8O2S2.ClH/c1-6-2-4-7(5-3-6)9-11(8)10;/h2-5,11H,1H3;1H. The highest BCUT2D eigenvalue weighted by molar-refractivity contribution is 8.19. The monoisotopic (exact) mass is 224 g/mol. The SMILES string of the molecule is Cc1ccc(O[SH](=O)=S)cc1.Cl. The summed E-state index contributed by atoms with van der Waals surface area (Å²) in [4.78, 5) is 0. The van der Waals surface area contributed by atoms with Gasteiger partial charge in [0.05, 0.1) is 0 Å². The van der Waals surface area contributed by atoms with E-state index in [9.17, 15) is 4.21 Å². The van der Waals surface area contributed by atoms with E-state index < -0.39 is 9.64 Å². The molecule has 1 aromatic rings. The minimum absolute atomic E-state index is 0. The van der Waals surface area contributed by atoms with Gasteiger partial charge in [-0.25, -0.2) is 4.21 Å². The highest BCUT2D eigenvalue weighted by Crippen LogP contribution is 2.10. The van der Waals surface area contributed by atoms with Crippen LogP contribution in [0.15, 0.2) is 24.3 Å². The van der Waals surface area contributed by atoms with E-state index in [1.54, 1.807) is 12.1 Å². The fraction of sp³-hybridized carbons (Fsp3) is 0.143. The van der Waals surface area contributed by atoms with Crippen LogP contribution in [0.25, 0.3) is 0 Å². The molecule has 0 bridgehead atoms. The van der Waals surface area contributed by atoms with Crippen LogP contribution < -0.4 is 4.18 Å². The summed E-state index contributed by atoms with van der Waals surface area (Å²) in [6.45, 7) is 1.97. The predicted molar refractivity (Wildman–Crippen MR) is 56.0 cm³/mol. The average molecular weight is 225 g/mol. The van der Waals surface area contributed by atoms with Crippen molar-refractivity contribution in [3.05, 3.63) is 29.8 Å². The predicted octanol–water partition coefficient (Wildman–Crippen LogP) is 1.65. The second kappa shape index (κ2) is 5.35. The molecule has 0 fully saturated rings. The van der Waals surface area contributed by atoms with Gasteiger partial charge in [0, 0.05) is 11.2 Å². The Morgan fingerprint density at radius 3 is 2.25 bits per heavy atom. The molecular formula is C7H9ClO2S2. The molecule has 0 N–H and O–H groups in total. The Morgan fingerprint density at radius 1 is 1.33 bits per heavy atom. The minimum Gasteiger partial charge on any atom is -0.403 e. The van der Waals surface area contributed by atoms with Crippen LogP contribution in [0.4, 0.5) is 0 Å². The molecule has 1 rings (SSSR count). The minimum atomic E-state index is -1.95. The van der Waals surface area contributed by atoms with Crippen molar-refractivity contribution in [1.82, 2.24) is 0 Å². The number of thiol groups is 1.